The van der Waals surface area contributed by atoms with E-state index < -0.39 is 5.97 Å². The quantitative estimate of drug-likeness (QED) is 0.596. The minimum atomic E-state index is -0.999. The lowest BCUT2D eigenvalue weighted by Crippen LogP contribution is -2.43. The summed E-state index contributed by atoms with van der Waals surface area (Å²) < 4.78 is 0. The lowest BCUT2D eigenvalue weighted by molar-refractivity contribution is -0.129. The van der Waals surface area contributed by atoms with Crippen molar-refractivity contribution in [3.63, 3.8) is 0 Å². The maximum Gasteiger partial charge on any atom is 0.350 e. The van der Waals surface area contributed by atoms with E-state index in [1.165, 1.54) is 0 Å². The molecule has 1 atom stereocenters. The van der Waals surface area contributed by atoms with Gasteiger partial charge in [0.1, 0.15) is 17.2 Å². The van der Waals surface area contributed by atoms with Crippen molar-refractivity contribution in [1.82, 2.24) is 25.2 Å². The van der Waals surface area contributed by atoms with Gasteiger partial charge < -0.3 is 20.6 Å². The van der Waals surface area contributed by atoms with Crippen LogP contribution in [0.4, 0.5) is 17.5 Å². The lowest BCUT2D eigenvalue weighted by atomic mass is 9.85. The molecule has 1 aliphatic carbocycles. The van der Waals surface area contributed by atoms with Gasteiger partial charge in [0, 0.05) is 19.3 Å². The number of hydrogen-bond acceptors (Lipinski definition) is 8. The SMILES string of the molecule is CN(C(=O)c1ccc(Nc2ncc3c(n2)C(C2CCCC2)C(C(=O)O)=N3)nc1)C1CCNCC1. The van der Waals surface area contributed by atoms with Crippen LogP contribution in [0.5, 0.6) is 0 Å². The smallest absolute Gasteiger partial charge is 0.350 e. The number of fused-ring (bicyclic) bond motifs is 1. The highest BCUT2D eigenvalue weighted by Crippen LogP contribution is 2.44. The first-order valence-corrected chi connectivity index (χ1v) is 11.9. The number of hydrogen-bond donors (Lipinski definition) is 3. The van der Waals surface area contributed by atoms with Crippen LogP contribution in [0.25, 0.3) is 0 Å². The fraction of sp³-hybridized carbons (Fsp3) is 0.500. The van der Waals surface area contributed by atoms with Gasteiger partial charge >= 0.3 is 5.97 Å². The standard InChI is InChI=1S/C24H29N7O3/c1-31(16-8-10-25-11-9-16)22(32)15-6-7-18(26-12-15)29-24-27-13-17-20(30-24)19(14-4-2-3-5-14)21(28-17)23(33)34/h6-7,12-14,16,19,25H,2-5,8-11H2,1H3,(H,33,34)(H,26,27,29,30). The van der Waals surface area contributed by atoms with Gasteiger partial charge in [-0.05, 0) is 56.8 Å². The summed E-state index contributed by atoms with van der Waals surface area (Å²) in [4.78, 5) is 44.1. The molecule has 2 aromatic rings. The Bertz CT molecular complexity index is 1110. The van der Waals surface area contributed by atoms with Crippen molar-refractivity contribution in [1.29, 1.82) is 0 Å². The molecule has 10 nitrogen and oxygen atoms in total. The van der Waals surface area contributed by atoms with Crippen LogP contribution in [0.2, 0.25) is 0 Å². The van der Waals surface area contributed by atoms with E-state index in [-0.39, 0.29) is 29.5 Å². The van der Waals surface area contributed by atoms with Crippen molar-refractivity contribution in [2.45, 2.75) is 50.5 Å². The minimum Gasteiger partial charge on any atom is -0.477 e. The number of carbonyl (C=O) groups excluding carboxylic acids is 1. The first-order chi connectivity index (χ1) is 16.5. The molecule has 1 saturated carbocycles. The Hall–Kier alpha value is -3.40. The summed E-state index contributed by atoms with van der Waals surface area (Å²) in [6.45, 7) is 1.84. The molecule has 3 N–H and O–H groups in total. The highest BCUT2D eigenvalue weighted by Gasteiger charge is 2.40. The number of aromatic nitrogens is 3. The number of rotatable bonds is 6. The molecular weight excluding hydrogens is 434 g/mol. The zero-order valence-electron chi connectivity index (χ0n) is 19.2. The second-order valence-electron chi connectivity index (χ2n) is 9.24. The van der Waals surface area contributed by atoms with Crippen LogP contribution in [0, 0.1) is 5.92 Å². The van der Waals surface area contributed by atoms with Gasteiger partial charge in [0.05, 0.1) is 23.4 Å². The number of aliphatic imine (C=N–C) groups is 1. The monoisotopic (exact) mass is 463 g/mol. The number of anilines is 2. The Balaban J connectivity index is 1.30. The third kappa shape index (κ3) is 4.37. The summed E-state index contributed by atoms with van der Waals surface area (Å²) >= 11 is 0. The number of nitrogens with zero attached hydrogens (tertiary/aromatic N) is 5. The summed E-state index contributed by atoms with van der Waals surface area (Å²) in [5.74, 6) is -0.271. The van der Waals surface area contributed by atoms with Crippen molar-refractivity contribution in [3.8, 4) is 0 Å². The summed E-state index contributed by atoms with van der Waals surface area (Å²) in [5, 5.41) is 16.1. The molecule has 3 aliphatic rings. The topological polar surface area (TPSA) is 133 Å². The van der Waals surface area contributed by atoms with Crippen molar-refractivity contribution >= 4 is 35.0 Å². The van der Waals surface area contributed by atoms with E-state index in [2.05, 4.69) is 30.6 Å². The zero-order chi connectivity index (χ0) is 23.7. The van der Waals surface area contributed by atoms with Crippen LogP contribution in [0.15, 0.2) is 29.5 Å². The molecule has 178 valence electrons. The first kappa shape index (κ1) is 22.4. The van der Waals surface area contributed by atoms with Crippen LogP contribution in [-0.4, -0.2) is 68.7 Å². The molecule has 5 rings (SSSR count). The highest BCUT2D eigenvalue weighted by molar-refractivity contribution is 6.39. The second kappa shape index (κ2) is 9.46. The fourth-order valence-corrected chi connectivity index (χ4v) is 5.28. The summed E-state index contributed by atoms with van der Waals surface area (Å²) in [5.41, 5.74) is 1.88. The molecule has 0 spiro atoms. The van der Waals surface area contributed by atoms with E-state index in [0.29, 0.717) is 28.7 Å². The molecule has 0 radical (unpaired) electrons. The van der Waals surface area contributed by atoms with Crippen molar-refractivity contribution < 1.29 is 14.7 Å². The number of nitrogens with one attached hydrogen (secondary N) is 2. The van der Waals surface area contributed by atoms with Crippen molar-refractivity contribution in [2.75, 3.05) is 25.5 Å². The molecule has 4 heterocycles. The molecule has 0 bridgehead atoms. The molecule has 2 aliphatic heterocycles. The number of carboxylic acids is 1. The number of piperidine rings is 1. The minimum absolute atomic E-state index is 0.0440. The molecule has 0 aromatic carbocycles. The van der Waals surface area contributed by atoms with Crippen LogP contribution < -0.4 is 10.6 Å². The van der Waals surface area contributed by atoms with E-state index in [9.17, 15) is 14.7 Å². The molecule has 2 aromatic heterocycles. The van der Waals surface area contributed by atoms with Gasteiger partial charge in [-0.25, -0.2) is 24.7 Å². The van der Waals surface area contributed by atoms with Gasteiger partial charge in [0.2, 0.25) is 5.95 Å². The Morgan fingerprint density at radius 2 is 1.85 bits per heavy atom. The Labute approximate surface area is 197 Å². The lowest BCUT2D eigenvalue weighted by Gasteiger charge is -2.31. The van der Waals surface area contributed by atoms with Crippen molar-refractivity contribution in [3.05, 3.63) is 35.8 Å². The number of pyridine rings is 1. The Morgan fingerprint density at radius 3 is 2.53 bits per heavy atom. The van der Waals surface area contributed by atoms with E-state index in [0.717, 1.165) is 51.6 Å². The van der Waals surface area contributed by atoms with Gasteiger partial charge in [-0.15, -0.1) is 0 Å². The number of amides is 1. The summed E-state index contributed by atoms with van der Waals surface area (Å²) in [6.07, 6.45) is 9.16. The average molecular weight is 464 g/mol. The van der Waals surface area contributed by atoms with E-state index in [4.69, 9.17) is 0 Å². The molecule has 10 heteroatoms. The predicted molar refractivity (Wildman–Crippen MR) is 127 cm³/mol. The van der Waals surface area contributed by atoms with Gasteiger partial charge in [0.25, 0.3) is 5.91 Å². The maximum atomic E-state index is 12.8. The third-order valence-electron chi connectivity index (χ3n) is 7.15. The fourth-order valence-electron chi connectivity index (χ4n) is 5.28. The molecule has 1 saturated heterocycles. The van der Waals surface area contributed by atoms with Crippen LogP contribution in [0.3, 0.4) is 0 Å². The molecule has 1 unspecified atom stereocenters. The Kier molecular flexibility index (Phi) is 6.23. The van der Waals surface area contributed by atoms with E-state index in [1.807, 2.05) is 7.05 Å². The maximum absolute atomic E-state index is 12.8. The highest BCUT2D eigenvalue weighted by atomic mass is 16.4. The average Bonchev–Trinajstić information content (AvgIpc) is 3.52. The first-order valence-electron chi connectivity index (χ1n) is 11.9. The van der Waals surface area contributed by atoms with Crippen molar-refractivity contribution in [2.24, 2.45) is 10.9 Å². The molecule has 34 heavy (non-hydrogen) atoms. The second-order valence-corrected chi connectivity index (χ2v) is 9.24. The number of carboxylic acid groups (broad SMARTS) is 1. The number of carbonyl (C=O) groups is 2. The summed E-state index contributed by atoms with van der Waals surface area (Å²) in [6, 6.07) is 3.71. The molecular formula is C24H29N7O3. The summed E-state index contributed by atoms with van der Waals surface area (Å²) in [7, 11) is 1.84. The van der Waals surface area contributed by atoms with Gasteiger partial charge in [-0.2, -0.15) is 0 Å². The van der Waals surface area contributed by atoms with Gasteiger partial charge in [0.15, 0.2) is 0 Å². The molecule has 2 fully saturated rings. The predicted octanol–water partition coefficient (Wildman–Crippen LogP) is 2.88. The number of aliphatic carboxylic acids is 1. The van der Waals surface area contributed by atoms with Gasteiger partial charge in [-0.1, -0.05) is 12.8 Å². The van der Waals surface area contributed by atoms with Crippen LogP contribution in [0.1, 0.15) is 60.5 Å². The zero-order valence-corrected chi connectivity index (χ0v) is 19.2. The third-order valence-corrected chi connectivity index (χ3v) is 7.15. The van der Waals surface area contributed by atoms with Gasteiger partial charge in [-0.3, -0.25) is 4.79 Å². The Morgan fingerprint density at radius 1 is 1.09 bits per heavy atom. The van der Waals surface area contributed by atoms with E-state index >= 15 is 0 Å². The van der Waals surface area contributed by atoms with Crippen LogP contribution in [-0.2, 0) is 4.79 Å². The normalized spacial score (nSPS) is 20.6. The van der Waals surface area contributed by atoms with E-state index in [1.54, 1.807) is 29.4 Å². The van der Waals surface area contributed by atoms with Crippen LogP contribution >= 0.6 is 0 Å². The molecule has 1 amide bonds. The largest absolute Gasteiger partial charge is 0.477 e.